The number of nitrogens with one attached hydrogen (secondary N) is 1. The first-order valence-corrected chi connectivity index (χ1v) is 9.93. The van der Waals surface area contributed by atoms with Crippen molar-refractivity contribution >= 4 is 22.5 Å². The molecule has 164 valence electrons. The number of hydrogen-bond acceptors (Lipinski definition) is 4. The summed E-state index contributed by atoms with van der Waals surface area (Å²) in [5, 5.41) is 3.77. The molecule has 1 aliphatic heterocycles. The molecule has 0 bridgehead atoms. The van der Waals surface area contributed by atoms with E-state index in [2.05, 4.69) is 19.5 Å². The molecule has 4 rings (SSSR count). The fourth-order valence-corrected chi connectivity index (χ4v) is 3.56. The van der Waals surface area contributed by atoms with Gasteiger partial charge in [0.05, 0.1) is 13.2 Å². The smallest absolute Gasteiger partial charge is 0.406 e. The lowest BCUT2D eigenvalue weighted by Crippen LogP contribution is -2.38. The Labute approximate surface area is 177 Å². The topological polar surface area (TPSA) is 55.7 Å². The number of aromatic nitrogens is 1. The number of alkyl halides is 3. The van der Waals surface area contributed by atoms with Crippen LogP contribution in [0.4, 0.5) is 18.9 Å². The molecule has 2 heterocycles. The second-order valence-corrected chi connectivity index (χ2v) is 7.26. The highest BCUT2D eigenvalue weighted by molar-refractivity contribution is 6.05. The Morgan fingerprint density at radius 1 is 1.03 bits per heavy atom. The Morgan fingerprint density at radius 2 is 1.77 bits per heavy atom. The molecule has 1 amide bonds. The Hall–Kier alpha value is -3.04. The number of benzene rings is 2. The van der Waals surface area contributed by atoms with Gasteiger partial charge in [0.2, 0.25) is 0 Å². The van der Waals surface area contributed by atoms with E-state index in [1.54, 1.807) is 0 Å². The molecular weight excluding hydrogens is 411 g/mol. The Bertz CT molecular complexity index is 1040. The third-order valence-corrected chi connectivity index (χ3v) is 5.14. The average molecular weight is 433 g/mol. The third-order valence-electron chi connectivity index (χ3n) is 5.14. The van der Waals surface area contributed by atoms with Crippen LogP contribution in [0.3, 0.4) is 0 Å². The van der Waals surface area contributed by atoms with Crippen LogP contribution in [0.2, 0.25) is 0 Å². The van der Waals surface area contributed by atoms with E-state index in [1.165, 1.54) is 12.1 Å². The van der Waals surface area contributed by atoms with Gasteiger partial charge < -0.3 is 19.4 Å². The molecule has 0 aliphatic carbocycles. The molecule has 0 unspecified atom stereocenters. The molecule has 9 heteroatoms. The molecule has 1 N–H and O–H groups in total. The predicted octanol–water partition coefficient (Wildman–Crippen LogP) is 4.12. The number of carbonyl (C=O) groups excluding carboxylic acids is 1. The number of rotatable bonds is 6. The van der Waals surface area contributed by atoms with E-state index in [0.717, 1.165) is 62.4 Å². The van der Waals surface area contributed by atoms with E-state index < -0.39 is 12.3 Å². The molecule has 1 aromatic heterocycles. The van der Waals surface area contributed by atoms with Crippen LogP contribution in [0.25, 0.3) is 10.9 Å². The van der Waals surface area contributed by atoms with Crippen LogP contribution >= 0.6 is 0 Å². The van der Waals surface area contributed by atoms with Gasteiger partial charge in [0.25, 0.3) is 5.91 Å². The first-order chi connectivity index (χ1) is 14.9. The van der Waals surface area contributed by atoms with E-state index in [4.69, 9.17) is 4.74 Å². The largest absolute Gasteiger partial charge is 0.573 e. The summed E-state index contributed by atoms with van der Waals surface area (Å²) in [6.07, 6.45) is -2.74. The molecular formula is C22H22F3N3O3. The Balaban J connectivity index is 1.39. The van der Waals surface area contributed by atoms with Crippen LogP contribution in [0.1, 0.15) is 10.4 Å². The van der Waals surface area contributed by atoms with Crippen molar-refractivity contribution in [3.05, 3.63) is 60.3 Å². The molecule has 0 saturated carbocycles. The van der Waals surface area contributed by atoms with Gasteiger partial charge in [0.15, 0.2) is 0 Å². The summed E-state index contributed by atoms with van der Waals surface area (Å²) >= 11 is 0. The molecule has 0 spiro atoms. The average Bonchev–Trinajstić information content (AvgIpc) is 3.14. The Kier molecular flexibility index (Phi) is 6.15. The summed E-state index contributed by atoms with van der Waals surface area (Å²) < 4.78 is 48.1. The molecule has 31 heavy (non-hydrogen) atoms. The van der Waals surface area contributed by atoms with Gasteiger partial charge in [-0.15, -0.1) is 13.2 Å². The number of halogens is 3. The minimum atomic E-state index is -4.77. The highest BCUT2D eigenvalue weighted by Gasteiger charge is 2.31. The lowest BCUT2D eigenvalue weighted by Gasteiger charge is -2.26. The van der Waals surface area contributed by atoms with Gasteiger partial charge in [-0.05, 0) is 48.5 Å². The summed E-state index contributed by atoms with van der Waals surface area (Å²) in [5.74, 6) is -0.784. The quantitative estimate of drug-likeness (QED) is 0.635. The van der Waals surface area contributed by atoms with Crippen LogP contribution < -0.4 is 10.1 Å². The summed E-state index contributed by atoms with van der Waals surface area (Å²) in [6, 6.07) is 12.4. The van der Waals surface area contributed by atoms with Gasteiger partial charge >= 0.3 is 6.36 Å². The first-order valence-electron chi connectivity index (χ1n) is 9.93. The van der Waals surface area contributed by atoms with Crippen LogP contribution in [0, 0.1) is 0 Å². The second-order valence-electron chi connectivity index (χ2n) is 7.26. The summed E-state index contributed by atoms with van der Waals surface area (Å²) in [5.41, 5.74) is 1.91. The summed E-state index contributed by atoms with van der Waals surface area (Å²) in [6.45, 7) is 5.24. The first kappa shape index (κ1) is 21.2. The number of morpholine rings is 1. The van der Waals surface area contributed by atoms with Crippen molar-refractivity contribution in [2.45, 2.75) is 12.9 Å². The van der Waals surface area contributed by atoms with Gasteiger partial charge in [-0.2, -0.15) is 0 Å². The van der Waals surface area contributed by atoms with Crippen molar-refractivity contribution in [1.82, 2.24) is 9.47 Å². The van der Waals surface area contributed by atoms with Crippen LogP contribution in [0.15, 0.2) is 54.7 Å². The zero-order valence-electron chi connectivity index (χ0n) is 16.7. The van der Waals surface area contributed by atoms with Gasteiger partial charge in [0.1, 0.15) is 5.75 Å². The fourth-order valence-electron chi connectivity index (χ4n) is 3.56. The van der Waals surface area contributed by atoms with Crippen LogP contribution in [0.5, 0.6) is 5.75 Å². The van der Waals surface area contributed by atoms with Crippen molar-refractivity contribution in [1.29, 1.82) is 0 Å². The number of amides is 1. The number of nitrogens with zero attached hydrogens (tertiary/aromatic N) is 2. The van der Waals surface area contributed by atoms with Crippen molar-refractivity contribution in [2.75, 3.05) is 38.2 Å². The minimum absolute atomic E-state index is 0.234. The zero-order valence-corrected chi connectivity index (χ0v) is 16.7. The van der Waals surface area contributed by atoms with E-state index in [1.807, 2.05) is 30.5 Å². The second kappa shape index (κ2) is 8.99. The summed E-state index contributed by atoms with van der Waals surface area (Å²) in [7, 11) is 0. The highest BCUT2D eigenvalue weighted by Crippen LogP contribution is 2.24. The van der Waals surface area contributed by atoms with Crippen LogP contribution in [-0.4, -0.2) is 54.6 Å². The standard InChI is InChI=1S/C22H22F3N3O3/c23-22(24,25)31-19-4-1-16(2-5-19)21(29)26-18-3-6-20-17(15-18)7-8-28(20)10-9-27-11-13-30-14-12-27/h1-8,15H,9-14H2,(H,26,29). The number of anilines is 1. The third kappa shape index (κ3) is 5.56. The SMILES string of the molecule is O=C(Nc1ccc2c(ccn2CCN2CCOCC2)c1)c1ccc(OC(F)(F)F)cc1. The van der Waals surface area contributed by atoms with E-state index >= 15 is 0 Å². The molecule has 1 aliphatic rings. The van der Waals surface area contributed by atoms with Gasteiger partial charge in [-0.1, -0.05) is 0 Å². The monoisotopic (exact) mass is 433 g/mol. The number of fused-ring (bicyclic) bond motifs is 1. The van der Waals surface area contributed by atoms with E-state index in [0.29, 0.717) is 5.69 Å². The zero-order chi connectivity index (χ0) is 21.8. The maximum absolute atomic E-state index is 12.4. The van der Waals surface area contributed by atoms with Gasteiger partial charge in [-0.25, -0.2) is 0 Å². The molecule has 2 aromatic carbocycles. The summed E-state index contributed by atoms with van der Waals surface area (Å²) in [4.78, 5) is 14.8. The van der Waals surface area contributed by atoms with Crippen molar-refractivity contribution in [3.63, 3.8) is 0 Å². The highest BCUT2D eigenvalue weighted by atomic mass is 19.4. The number of hydrogen-bond donors (Lipinski definition) is 1. The lowest BCUT2D eigenvalue weighted by atomic mass is 10.2. The molecule has 3 aromatic rings. The minimum Gasteiger partial charge on any atom is -0.406 e. The fraction of sp³-hybridized carbons (Fsp3) is 0.318. The lowest BCUT2D eigenvalue weighted by molar-refractivity contribution is -0.274. The van der Waals surface area contributed by atoms with Gasteiger partial charge in [0, 0.05) is 54.5 Å². The number of carbonyl (C=O) groups is 1. The normalized spacial score (nSPS) is 15.2. The van der Waals surface area contributed by atoms with Crippen molar-refractivity contribution < 1.29 is 27.4 Å². The number of ether oxygens (including phenoxy) is 2. The predicted molar refractivity (Wildman–Crippen MR) is 110 cm³/mol. The maximum Gasteiger partial charge on any atom is 0.573 e. The molecule has 1 fully saturated rings. The molecule has 0 atom stereocenters. The Morgan fingerprint density at radius 3 is 2.48 bits per heavy atom. The maximum atomic E-state index is 12.4. The van der Waals surface area contributed by atoms with Gasteiger partial charge in [-0.3, -0.25) is 9.69 Å². The van der Waals surface area contributed by atoms with Crippen molar-refractivity contribution in [3.8, 4) is 5.75 Å². The van der Waals surface area contributed by atoms with E-state index in [-0.39, 0.29) is 11.3 Å². The van der Waals surface area contributed by atoms with Crippen molar-refractivity contribution in [2.24, 2.45) is 0 Å². The molecule has 0 radical (unpaired) electrons. The molecule has 6 nitrogen and oxygen atoms in total. The van der Waals surface area contributed by atoms with E-state index in [9.17, 15) is 18.0 Å². The molecule has 1 saturated heterocycles. The van der Waals surface area contributed by atoms with Crippen LogP contribution in [-0.2, 0) is 11.3 Å².